The van der Waals surface area contributed by atoms with Crippen LogP contribution < -0.4 is 4.74 Å². The summed E-state index contributed by atoms with van der Waals surface area (Å²) in [4.78, 5) is 14.3. The van der Waals surface area contributed by atoms with Gasteiger partial charge in [0, 0.05) is 31.0 Å². The van der Waals surface area contributed by atoms with Crippen LogP contribution in [0.4, 0.5) is 0 Å². The molecule has 0 unspecified atom stereocenters. The molecule has 0 saturated heterocycles. The van der Waals surface area contributed by atoms with Gasteiger partial charge < -0.3 is 14.2 Å². The Morgan fingerprint density at radius 2 is 1.95 bits per heavy atom. The van der Waals surface area contributed by atoms with Crippen molar-refractivity contribution in [3.05, 3.63) is 30.0 Å². The second-order valence-corrected chi connectivity index (χ2v) is 4.49. The highest BCUT2D eigenvalue weighted by atomic mass is 16.5. The van der Waals surface area contributed by atoms with Gasteiger partial charge in [-0.1, -0.05) is 0 Å². The minimum Gasteiger partial charge on any atom is -0.497 e. The van der Waals surface area contributed by atoms with Crippen LogP contribution in [0.3, 0.4) is 0 Å². The Labute approximate surface area is 113 Å². The maximum Gasteiger partial charge on any atom is 0.270 e. The summed E-state index contributed by atoms with van der Waals surface area (Å²) < 4.78 is 7.16. The molecule has 0 atom stereocenters. The standard InChI is InChI=1S/C15H20N2O2/c1-5-17(6-2)15(18)14-10-11-9-12(19-4)7-8-13(11)16(14)3/h7-10H,5-6H2,1-4H3. The summed E-state index contributed by atoms with van der Waals surface area (Å²) in [6, 6.07) is 7.77. The van der Waals surface area contributed by atoms with Crippen LogP contribution in [0.2, 0.25) is 0 Å². The van der Waals surface area contributed by atoms with E-state index in [1.165, 1.54) is 0 Å². The summed E-state index contributed by atoms with van der Waals surface area (Å²) in [6.45, 7) is 5.43. The van der Waals surface area contributed by atoms with E-state index in [0.29, 0.717) is 5.69 Å². The molecule has 19 heavy (non-hydrogen) atoms. The predicted molar refractivity (Wildman–Crippen MR) is 76.7 cm³/mol. The van der Waals surface area contributed by atoms with Crippen molar-refractivity contribution in [3.8, 4) is 5.75 Å². The highest BCUT2D eigenvalue weighted by molar-refractivity contribution is 5.99. The highest BCUT2D eigenvalue weighted by Crippen LogP contribution is 2.24. The number of amides is 1. The lowest BCUT2D eigenvalue weighted by molar-refractivity contribution is 0.0764. The lowest BCUT2D eigenvalue weighted by Crippen LogP contribution is -2.31. The highest BCUT2D eigenvalue weighted by Gasteiger charge is 2.17. The van der Waals surface area contributed by atoms with E-state index in [0.717, 1.165) is 29.7 Å². The van der Waals surface area contributed by atoms with Crippen molar-refractivity contribution in [2.45, 2.75) is 13.8 Å². The molecule has 1 aromatic carbocycles. The molecule has 4 nitrogen and oxygen atoms in total. The zero-order chi connectivity index (χ0) is 14.0. The first-order valence-electron chi connectivity index (χ1n) is 6.55. The Kier molecular flexibility index (Phi) is 3.79. The number of fused-ring (bicyclic) bond motifs is 1. The third kappa shape index (κ3) is 2.30. The first-order chi connectivity index (χ1) is 9.12. The Morgan fingerprint density at radius 1 is 1.26 bits per heavy atom. The molecule has 0 saturated carbocycles. The fourth-order valence-corrected chi connectivity index (χ4v) is 2.33. The minimum atomic E-state index is 0.0719. The third-order valence-electron chi connectivity index (χ3n) is 3.52. The second kappa shape index (κ2) is 5.34. The molecular formula is C15H20N2O2. The van der Waals surface area contributed by atoms with Gasteiger partial charge in [-0.15, -0.1) is 0 Å². The van der Waals surface area contributed by atoms with Gasteiger partial charge in [0.1, 0.15) is 11.4 Å². The van der Waals surface area contributed by atoms with Gasteiger partial charge in [-0.2, -0.15) is 0 Å². The van der Waals surface area contributed by atoms with Crippen LogP contribution in [-0.4, -0.2) is 35.6 Å². The number of aryl methyl sites for hydroxylation is 1. The Morgan fingerprint density at radius 3 is 2.53 bits per heavy atom. The number of nitrogens with zero attached hydrogens (tertiary/aromatic N) is 2. The van der Waals surface area contributed by atoms with Crippen molar-refractivity contribution in [1.29, 1.82) is 0 Å². The largest absolute Gasteiger partial charge is 0.497 e. The first-order valence-corrected chi connectivity index (χ1v) is 6.55. The van der Waals surface area contributed by atoms with Crippen LogP contribution in [0, 0.1) is 0 Å². The number of aromatic nitrogens is 1. The molecule has 0 fully saturated rings. The van der Waals surface area contributed by atoms with Gasteiger partial charge >= 0.3 is 0 Å². The molecule has 0 aliphatic heterocycles. The molecule has 1 heterocycles. The average Bonchev–Trinajstić information content (AvgIpc) is 2.76. The maximum atomic E-state index is 12.4. The molecule has 1 aromatic heterocycles. The van der Waals surface area contributed by atoms with Crippen LogP contribution in [0.1, 0.15) is 24.3 Å². The fourth-order valence-electron chi connectivity index (χ4n) is 2.33. The van der Waals surface area contributed by atoms with Crippen molar-refractivity contribution < 1.29 is 9.53 Å². The summed E-state index contributed by atoms with van der Waals surface area (Å²) in [5, 5.41) is 1.03. The van der Waals surface area contributed by atoms with Crippen molar-refractivity contribution in [2.75, 3.05) is 20.2 Å². The predicted octanol–water partition coefficient (Wildman–Crippen LogP) is 2.67. The number of hydrogen-bond donors (Lipinski definition) is 0. The second-order valence-electron chi connectivity index (χ2n) is 4.49. The number of ether oxygens (including phenoxy) is 1. The fraction of sp³-hybridized carbons (Fsp3) is 0.400. The van der Waals surface area contributed by atoms with Crippen LogP contribution in [-0.2, 0) is 7.05 Å². The van der Waals surface area contributed by atoms with Gasteiger partial charge in [0.05, 0.1) is 7.11 Å². The van der Waals surface area contributed by atoms with Gasteiger partial charge in [0.25, 0.3) is 5.91 Å². The molecule has 0 radical (unpaired) electrons. The van der Waals surface area contributed by atoms with E-state index in [9.17, 15) is 4.79 Å². The van der Waals surface area contributed by atoms with Gasteiger partial charge in [0.15, 0.2) is 0 Å². The molecular weight excluding hydrogens is 240 g/mol. The normalized spacial score (nSPS) is 10.7. The van der Waals surface area contributed by atoms with Gasteiger partial charge in [-0.3, -0.25) is 4.79 Å². The average molecular weight is 260 g/mol. The first kappa shape index (κ1) is 13.5. The monoisotopic (exact) mass is 260 g/mol. The zero-order valence-electron chi connectivity index (χ0n) is 11.9. The Balaban J connectivity index is 2.50. The lowest BCUT2D eigenvalue weighted by atomic mass is 10.2. The number of carbonyl (C=O) groups is 1. The Hall–Kier alpha value is -1.97. The lowest BCUT2D eigenvalue weighted by Gasteiger charge is -2.18. The van der Waals surface area contributed by atoms with Crippen molar-refractivity contribution in [3.63, 3.8) is 0 Å². The molecule has 0 aliphatic carbocycles. The van der Waals surface area contributed by atoms with Gasteiger partial charge in [-0.05, 0) is 38.1 Å². The van der Waals surface area contributed by atoms with E-state index >= 15 is 0 Å². The quantitative estimate of drug-likeness (QED) is 0.847. The van der Waals surface area contributed by atoms with Crippen molar-refractivity contribution in [1.82, 2.24) is 9.47 Å². The summed E-state index contributed by atoms with van der Waals surface area (Å²) in [6.07, 6.45) is 0. The minimum absolute atomic E-state index is 0.0719. The number of hydrogen-bond acceptors (Lipinski definition) is 2. The number of rotatable bonds is 4. The van der Waals surface area contributed by atoms with Crippen LogP contribution in [0.25, 0.3) is 10.9 Å². The Bertz CT molecular complexity index is 597. The van der Waals surface area contributed by atoms with Crippen molar-refractivity contribution in [2.24, 2.45) is 7.05 Å². The molecule has 1 amide bonds. The summed E-state index contributed by atoms with van der Waals surface area (Å²) in [5.74, 6) is 0.877. The number of benzene rings is 1. The number of carbonyl (C=O) groups excluding carboxylic acids is 1. The summed E-state index contributed by atoms with van der Waals surface area (Å²) >= 11 is 0. The van der Waals surface area contributed by atoms with E-state index in [4.69, 9.17) is 4.74 Å². The van der Waals surface area contributed by atoms with E-state index in [1.54, 1.807) is 7.11 Å². The zero-order valence-corrected chi connectivity index (χ0v) is 11.9. The van der Waals surface area contributed by atoms with E-state index < -0.39 is 0 Å². The molecule has 102 valence electrons. The molecule has 0 N–H and O–H groups in total. The molecule has 4 heteroatoms. The summed E-state index contributed by atoms with van der Waals surface area (Å²) in [5.41, 5.74) is 1.75. The SMILES string of the molecule is CCN(CC)C(=O)c1cc2cc(OC)ccc2n1C. The van der Waals surface area contributed by atoms with Crippen LogP contribution in [0.5, 0.6) is 5.75 Å². The molecule has 0 bridgehead atoms. The van der Waals surface area contributed by atoms with Crippen molar-refractivity contribution >= 4 is 16.8 Å². The summed E-state index contributed by atoms with van der Waals surface area (Å²) in [7, 11) is 3.57. The molecule has 2 aromatic rings. The van der Waals surface area contributed by atoms with Gasteiger partial charge in [0.2, 0.25) is 0 Å². The molecule has 0 aliphatic rings. The van der Waals surface area contributed by atoms with E-state index in [2.05, 4.69) is 0 Å². The van der Waals surface area contributed by atoms with Crippen LogP contribution in [0.15, 0.2) is 24.3 Å². The smallest absolute Gasteiger partial charge is 0.270 e. The van der Waals surface area contributed by atoms with Gasteiger partial charge in [-0.25, -0.2) is 0 Å². The topological polar surface area (TPSA) is 34.5 Å². The third-order valence-corrected chi connectivity index (χ3v) is 3.52. The van der Waals surface area contributed by atoms with Crippen LogP contribution >= 0.6 is 0 Å². The maximum absolute atomic E-state index is 12.4. The van der Waals surface area contributed by atoms with E-state index in [1.807, 2.05) is 54.6 Å². The number of methoxy groups -OCH3 is 1. The molecule has 0 spiro atoms. The van der Waals surface area contributed by atoms with E-state index in [-0.39, 0.29) is 5.91 Å². The molecule has 2 rings (SSSR count).